The molecule has 0 radical (unpaired) electrons. The van der Waals surface area contributed by atoms with Gasteiger partial charge in [0.15, 0.2) is 5.43 Å². The van der Waals surface area contributed by atoms with E-state index in [1.807, 2.05) is 0 Å². The Kier molecular flexibility index (Phi) is 4.54. The van der Waals surface area contributed by atoms with Crippen molar-refractivity contribution in [2.75, 3.05) is 0 Å². The quantitative estimate of drug-likeness (QED) is 0.649. The number of ether oxygens (including phenoxy) is 1. The van der Waals surface area contributed by atoms with Crippen LogP contribution in [0.4, 0.5) is 13.2 Å². The second kappa shape index (κ2) is 6.67. The largest absolute Gasteiger partial charge is 0.466 e. The Morgan fingerprint density at radius 1 is 1.04 bits per heavy atom. The minimum atomic E-state index is -4.44. The predicted molar refractivity (Wildman–Crippen MR) is 89.2 cm³/mol. The van der Waals surface area contributed by atoms with E-state index in [0.29, 0.717) is 34.6 Å². The van der Waals surface area contributed by atoms with Crippen LogP contribution >= 0.6 is 0 Å². The molecule has 0 saturated heterocycles. The van der Waals surface area contributed by atoms with Crippen molar-refractivity contribution in [3.8, 4) is 22.8 Å². The van der Waals surface area contributed by atoms with Gasteiger partial charge in [-0.15, -0.1) is 0 Å². The van der Waals surface area contributed by atoms with Crippen LogP contribution < -0.4 is 10.2 Å². The maximum absolute atomic E-state index is 12.5. The van der Waals surface area contributed by atoms with Crippen LogP contribution in [0, 0.1) is 13.8 Å². The van der Waals surface area contributed by atoms with Gasteiger partial charge in [-0.05, 0) is 37.6 Å². The number of benzene rings is 1. The summed E-state index contributed by atoms with van der Waals surface area (Å²) in [6, 6.07) is 10.0. The van der Waals surface area contributed by atoms with Gasteiger partial charge in [0.25, 0.3) is 0 Å². The summed E-state index contributed by atoms with van der Waals surface area (Å²) < 4.78 is 48.5. The summed E-state index contributed by atoms with van der Waals surface area (Å²) in [5.41, 5.74) is 0.116. The molecule has 3 aromatic rings. The molecule has 26 heavy (non-hydrogen) atoms. The lowest BCUT2D eigenvalue weighted by atomic mass is 10.0. The maximum Gasteiger partial charge on any atom is 0.417 e. The Labute approximate surface area is 146 Å². The van der Waals surface area contributed by atoms with Crippen LogP contribution in [0.3, 0.4) is 0 Å². The lowest BCUT2D eigenvalue weighted by Crippen LogP contribution is -2.06. The maximum atomic E-state index is 12.5. The number of hydrogen-bond donors (Lipinski definition) is 0. The van der Waals surface area contributed by atoms with Gasteiger partial charge in [0.1, 0.15) is 17.3 Å². The van der Waals surface area contributed by atoms with Crippen LogP contribution in [-0.2, 0) is 6.18 Å². The second-order valence-electron chi connectivity index (χ2n) is 5.66. The molecule has 0 N–H and O–H groups in total. The number of nitrogens with zero attached hydrogens (tertiary/aromatic N) is 1. The second-order valence-corrected chi connectivity index (χ2v) is 5.66. The highest BCUT2D eigenvalue weighted by atomic mass is 19.4. The zero-order chi connectivity index (χ0) is 18.9. The Balaban J connectivity index is 1.82. The number of halogens is 3. The summed E-state index contributed by atoms with van der Waals surface area (Å²) in [5.74, 6) is 1.46. The normalized spacial score (nSPS) is 11.4. The molecule has 0 bridgehead atoms. The molecule has 0 spiro atoms. The summed E-state index contributed by atoms with van der Waals surface area (Å²) in [6.45, 7) is 3.41. The van der Waals surface area contributed by atoms with E-state index < -0.39 is 11.7 Å². The molecule has 2 aromatic heterocycles. The molecule has 0 amide bonds. The number of rotatable bonds is 3. The monoisotopic (exact) mass is 361 g/mol. The van der Waals surface area contributed by atoms with E-state index >= 15 is 0 Å². The van der Waals surface area contributed by atoms with Crippen LogP contribution in [0.5, 0.6) is 11.6 Å². The van der Waals surface area contributed by atoms with Crippen LogP contribution in [0.25, 0.3) is 11.1 Å². The molecule has 1 aromatic carbocycles. The highest BCUT2D eigenvalue weighted by Crippen LogP contribution is 2.30. The fourth-order valence-corrected chi connectivity index (χ4v) is 2.52. The summed E-state index contributed by atoms with van der Waals surface area (Å²) in [6.07, 6.45) is -3.73. The van der Waals surface area contributed by atoms with E-state index in [2.05, 4.69) is 4.98 Å². The van der Waals surface area contributed by atoms with Crippen molar-refractivity contribution in [3.63, 3.8) is 0 Å². The number of pyridine rings is 1. The van der Waals surface area contributed by atoms with Crippen molar-refractivity contribution < 1.29 is 22.3 Å². The Morgan fingerprint density at radius 2 is 1.73 bits per heavy atom. The van der Waals surface area contributed by atoms with E-state index in [1.165, 1.54) is 6.07 Å². The fraction of sp³-hybridized carbons (Fsp3) is 0.158. The van der Waals surface area contributed by atoms with Crippen LogP contribution in [0.15, 0.2) is 57.9 Å². The molecule has 0 saturated carbocycles. The summed E-state index contributed by atoms with van der Waals surface area (Å²) in [5, 5.41) is 0. The van der Waals surface area contributed by atoms with E-state index in [-0.39, 0.29) is 11.3 Å². The van der Waals surface area contributed by atoms with Crippen LogP contribution in [-0.4, -0.2) is 4.98 Å². The van der Waals surface area contributed by atoms with Gasteiger partial charge in [-0.25, -0.2) is 4.98 Å². The zero-order valence-corrected chi connectivity index (χ0v) is 13.9. The van der Waals surface area contributed by atoms with E-state index in [1.54, 1.807) is 38.1 Å². The fourth-order valence-electron chi connectivity index (χ4n) is 2.52. The van der Waals surface area contributed by atoms with Crippen LogP contribution in [0.1, 0.15) is 17.1 Å². The predicted octanol–water partition coefficient (Wildman–Crippen LogP) is 5.13. The van der Waals surface area contributed by atoms with Crippen molar-refractivity contribution in [2.24, 2.45) is 0 Å². The average Bonchev–Trinajstić information content (AvgIpc) is 2.55. The highest BCUT2D eigenvalue weighted by Gasteiger charge is 2.30. The number of aromatic nitrogens is 1. The minimum Gasteiger partial charge on any atom is -0.466 e. The average molecular weight is 361 g/mol. The van der Waals surface area contributed by atoms with Gasteiger partial charge >= 0.3 is 6.18 Å². The Bertz CT molecular complexity index is 975. The molecule has 3 rings (SSSR count). The minimum absolute atomic E-state index is 0.0387. The summed E-state index contributed by atoms with van der Waals surface area (Å²) >= 11 is 0. The van der Waals surface area contributed by atoms with Gasteiger partial charge < -0.3 is 9.15 Å². The number of alkyl halides is 3. The Morgan fingerprint density at radius 3 is 2.27 bits per heavy atom. The molecular weight excluding hydrogens is 347 g/mol. The van der Waals surface area contributed by atoms with Crippen molar-refractivity contribution >= 4 is 0 Å². The first-order valence-corrected chi connectivity index (χ1v) is 7.67. The summed E-state index contributed by atoms with van der Waals surface area (Å²) in [4.78, 5) is 15.8. The van der Waals surface area contributed by atoms with Gasteiger partial charge in [-0.3, -0.25) is 4.79 Å². The lowest BCUT2D eigenvalue weighted by Gasteiger charge is -2.09. The molecule has 0 aliphatic carbocycles. The van der Waals surface area contributed by atoms with Gasteiger partial charge in [0.05, 0.1) is 11.1 Å². The molecule has 7 heteroatoms. The molecule has 0 atom stereocenters. The molecule has 0 fully saturated rings. The van der Waals surface area contributed by atoms with E-state index in [0.717, 1.165) is 12.1 Å². The molecule has 4 nitrogen and oxygen atoms in total. The van der Waals surface area contributed by atoms with Crippen molar-refractivity contribution in [3.05, 3.63) is 76.0 Å². The first-order chi connectivity index (χ1) is 12.2. The van der Waals surface area contributed by atoms with Gasteiger partial charge in [-0.2, -0.15) is 13.2 Å². The lowest BCUT2D eigenvalue weighted by molar-refractivity contribution is -0.137. The van der Waals surface area contributed by atoms with Gasteiger partial charge in [0.2, 0.25) is 5.88 Å². The van der Waals surface area contributed by atoms with E-state index in [9.17, 15) is 18.0 Å². The molecule has 2 heterocycles. The van der Waals surface area contributed by atoms with Gasteiger partial charge in [-0.1, -0.05) is 12.1 Å². The van der Waals surface area contributed by atoms with Gasteiger partial charge in [0, 0.05) is 18.3 Å². The van der Waals surface area contributed by atoms with E-state index in [4.69, 9.17) is 9.15 Å². The first-order valence-electron chi connectivity index (χ1n) is 7.67. The third-order valence-corrected chi connectivity index (χ3v) is 3.68. The SMILES string of the molecule is Cc1cc(=O)c(-c2ccc(Oc3ccc(C(F)(F)F)cn3)cc2)c(C)o1. The van der Waals surface area contributed by atoms with Crippen molar-refractivity contribution in [1.82, 2.24) is 4.98 Å². The molecule has 134 valence electrons. The third kappa shape index (κ3) is 3.77. The Hall–Kier alpha value is -3.09. The molecule has 0 unspecified atom stereocenters. The van der Waals surface area contributed by atoms with Crippen molar-refractivity contribution in [1.29, 1.82) is 0 Å². The molecule has 0 aliphatic rings. The number of hydrogen-bond acceptors (Lipinski definition) is 4. The molecular formula is C19H14F3NO3. The van der Waals surface area contributed by atoms with Crippen molar-refractivity contribution in [2.45, 2.75) is 20.0 Å². The smallest absolute Gasteiger partial charge is 0.417 e. The standard InChI is InChI=1S/C19H14F3NO3/c1-11-9-16(24)18(12(2)25-11)13-3-6-15(7-4-13)26-17-8-5-14(10-23-17)19(20,21)22/h3-10H,1-2H3. The first kappa shape index (κ1) is 17.7. The molecule has 0 aliphatic heterocycles. The summed E-state index contributed by atoms with van der Waals surface area (Å²) in [7, 11) is 0. The zero-order valence-electron chi connectivity index (χ0n) is 13.9. The topological polar surface area (TPSA) is 52.3 Å². The number of aryl methyl sites for hydroxylation is 2. The third-order valence-electron chi connectivity index (χ3n) is 3.68. The highest BCUT2D eigenvalue weighted by molar-refractivity contribution is 5.65. The van der Waals surface area contributed by atoms with Crippen LogP contribution in [0.2, 0.25) is 0 Å².